The van der Waals surface area contributed by atoms with Gasteiger partial charge in [-0.25, -0.2) is 9.48 Å². The highest BCUT2D eigenvalue weighted by atomic mass is 16.5. The summed E-state index contributed by atoms with van der Waals surface area (Å²) in [5.74, 6) is -0.994. The zero-order valence-electron chi connectivity index (χ0n) is 14.7. The summed E-state index contributed by atoms with van der Waals surface area (Å²) in [6, 6.07) is 17.8. The maximum atomic E-state index is 12.1. The van der Waals surface area contributed by atoms with Crippen LogP contribution in [-0.2, 0) is 4.74 Å². The summed E-state index contributed by atoms with van der Waals surface area (Å²) >= 11 is 0. The molecule has 0 amide bonds. The number of aromatic carboxylic acids is 1. The molecule has 2 aliphatic rings. The van der Waals surface area contributed by atoms with E-state index >= 15 is 0 Å². The van der Waals surface area contributed by atoms with E-state index in [0.29, 0.717) is 13.2 Å². The van der Waals surface area contributed by atoms with Crippen molar-refractivity contribution in [3.8, 4) is 16.9 Å². The second-order valence-corrected chi connectivity index (χ2v) is 6.80. The van der Waals surface area contributed by atoms with Crippen LogP contribution in [0.5, 0.6) is 0 Å². The van der Waals surface area contributed by atoms with E-state index in [2.05, 4.69) is 22.1 Å². The van der Waals surface area contributed by atoms with Gasteiger partial charge in [-0.05, 0) is 17.7 Å². The first-order valence-corrected chi connectivity index (χ1v) is 9.08. The number of para-hydroxylation sites is 1. The number of rotatable bonds is 3. The lowest BCUT2D eigenvalue weighted by Crippen LogP contribution is -2.39. The summed E-state index contributed by atoms with van der Waals surface area (Å²) in [5, 5.41) is 14.4. The third-order valence-electron chi connectivity index (χ3n) is 5.32. The number of aromatic nitrogens is 2. The molecule has 0 bridgehead atoms. The van der Waals surface area contributed by atoms with Gasteiger partial charge in [0.25, 0.3) is 0 Å². The van der Waals surface area contributed by atoms with E-state index in [1.807, 2.05) is 42.5 Å². The Morgan fingerprint density at radius 3 is 2.48 bits per heavy atom. The predicted octanol–water partition coefficient (Wildman–Crippen LogP) is 2.97. The average molecular weight is 361 g/mol. The van der Waals surface area contributed by atoms with Gasteiger partial charge >= 0.3 is 5.97 Å². The number of ether oxygens (including phenoxy) is 1. The summed E-state index contributed by atoms with van der Waals surface area (Å²) in [7, 11) is 0. The Morgan fingerprint density at radius 1 is 1.04 bits per heavy atom. The smallest absolute Gasteiger partial charge is 0.356 e. The number of morpholine rings is 1. The van der Waals surface area contributed by atoms with Crippen molar-refractivity contribution in [2.24, 2.45) is 0 Å². The van der Waals surface area contributed by atoms with Crippen LogP contribution >= 0.6 is 0 Å². The van der Waals surface area contributed by atoms with Crippen molar-refractivity contribution in [3.63, 3.8) is 0 Å². The quantitative estimate of drug-likeness (QED) is 0.777. The lowest BCUT2D eigenvalue weighted by atomic mass is 10.0. The highest BCUT2D eigenvalue weighted by molar-refractivity contribution is 5.93. The van der Waals surface area contributed by atoms with Gasteiger partial charge in [0.15, 0.2) is 5.69 Å². The molecule has 5 rings (SSSR count). The van der Waals surface area contributed by atoms with E-state index in [1.54, 1.807) is 4.68 Å². The molecule has 2 heterocycles. The fourth-order valence-electron chi connectivity index (χ4n) is 4.18. The monoisotopic (exact) mass is 361 g/mol. The molecule has 1 fully saturated rings. The van der Waals surface area contributed by atoms with Crippen LogP contribution in [0.1, 0.15) is 27.7 Å². The van der Waals surface area contributed by atoms with Crippen molar-refractivity contribution < 1.29 is 14.6 Å². The normalized spacial score (nSPS) is 18.9. The molecular formula is C21H19N3O3. The van der Waals surface area contributed by atoms with Crippen molar-refractivity contribution in [2.75, 3.05) is 26.3 Å². The summed E-state index contributed by atoms with van der Waals surface area (Å²) < 4.78 is 7.28. The number of hydrogen-bond donors (Lipinski definition) is 1. The lowest BCUT2D eigenvalue weighted by molar-refractivity contribution is 0.0244. The second-order valence-electron chi connectivity index (χ2n) is 6.80. The first-order valence-electron chi connectivity index (χ1n) is 9.08. The van der Waals surface area contributed by atoms with E-state index in [9.17, 15) is 9.90 Å². The molecule has 1 aliphatic heterocycles. The molecule has 0 saturated carbocycles. The molecule has 2 aromatic carbocycles. The van der Waals surface area contributed by atoms with E-state index in [-0.39, 0.29) is 11.7 Å². The van der Waals surface area contributed by atoms with Crippen molar-refractivity contribution in [3.05, 3.63) is 71.4 Å². The van der Waals surface area contributed by atoms with Gasteiger partial charge in [0.05, 0.1) is 30.6 Å². The van der Waals surface area contributed by atoms with Gasteiger partial charge in [-0.2, -0.15) is 5.10 Å². The second kappa shape index (κ2) is 6.33. The van der Waals surface area contributed by atoms with Crippen LogP contribution in [0.15, 0.2) is 54.6 Å². The highest BCUT2D eigenvalue weighted by Crippen LogP contribution is 2.48. The third-order valence-corrected chi connectivity index (χ3v) is 5.32. The number of benzene rings is 2. The minimum absolute atomic E-state index is 0.108. The molecular weight excluding hydrogens is 342 g/mol. The van der Waals surface area contributed by atoms with E-state index in [1.165, 1.54) is 0 Å². The van der Waals surface area contributed by atoms with Gasteiger partial charge in [0.1, 0.15) is 0 Å². The minimum atomic E-state index is -0.994. The zero-order chi connectivity index (χ0) is 18.4. The largest absolute Gasteiger partial charge is 0.476 e. The molecule has 6 nitrogen and oxygen atoms in total. The Labute approximate surface area is 156 Å². The summed E-state index contributed by atoms with van der Waals surface area (Å²) in [5.41, 5.74) is 4.84. The molecule has 1 aromatic heterocycles. The molecule has 1 aliphatic carbocycles. The Hall–Kier alpha value is -2.96. The minimum Gasteiger partial charge on any atom is -0.476 e. The Morgan fingerprint density at radius 2 is 1.74 bits per heavy atom. The molecule has 0 spiro atoms. The molecule has 1 unspecified atom stereocenters. The van der Waals surface area contributed by atoms with Gasteiger partial charge in [-0.3, -0.25) is 4.90 Å². The average Bonchev–Trinajstić information content (AvgIpc) is 3.25. The number of carboxylic acid groups (broad SMARTS) is 1. The van der Waals surface area contributed by atoms with Crippen LogP contribution in [0.4, 0.5) is 0 Å². The maximum absolute atomic E-state index is 12.1. The van der Waals surface area contributed by atoms with Gasteiger partial charge in [0, 0.05) is 24.2 Å². The fourth-order valence-corrected chi connectivity index (χ4v) is 4.18. The number of nitrogens with zero attached hydrogens (tertiary/aromatic N) is 3. The topological polar surface area (TPSA) is 67.6 Å². The molecule has 1 saturated heterocycles. The first-order chi connectivity index (χ1) is 13.3. The van der Waals surface area contributed by atoms with Crippen LogP contribution < -0.4 is 0 Å². The van der Waals surface area contributed by atoms with E-state index in [0.717, 1.165) is 41.2 Å². The van der Waals surface area contributed by atoms with Crippen LogP contribution in [-0.4, -0.2) is 52.1 Å². The lowest BCUT2D eigenvalue weighted by Gasteiger charge is -2.33. The van der Waals surface area contributed by atoms with Crippen LogP contribution in [0.2, 0.25) is 0 Å². The van der Waals surface area contributed by atoms with Crippen LogP contribution in [0.3, 0.4) is 0 Å². The predicted molar refractivity (Wildman–Crippen MR) is 100 cm³/mol. The van der Waals surface area contributed by atoms with Crippen LogP contribution in [0, 0.1) is 0 Å². The molecule has 0 radical (unpaired) electrons. The zero-order valence-corrected chi connectivity index (χ0v) is 14.7. The molecule has 1 atom stereocenters. The number of carbonyl (C=O) groups is 1. The van der Waals surface area contributed by atoms with Crippen LogP contribution in [0.25, 0.3) is 16.9 Å². The summed E-state index contributed by atoms with van der Waals surface area (Å²) in [6.07, 6.45) is 0. The third kappa shape index (κ3) is 2.49. The van der Waals surface area contributed by atoms with Crippen molar-refractivity contribution in [1.82, 2.24) is 14.7 Å². The number of fused-ring (bicyclic) bond motifs is 3. The van der Waals surface area contributed by atoms with Crippen molar-refractivity contribution in [2.45, 2.75) is 6.04 Å². The molecule has 27 heavy (non-hydrogen) atoms. The molecule has 6 heteroatoms. The molecule has 136 valence electrons. The van der Waals surface area contributed by atoms with Gasteiger partial charge < -0.3 is 9.84 Å². The fraction of sp³-hybridized carbons (Fsp3) is 0.238. The maximum Gasteiger partial charge on any atom is 0.356 e. The standard InChI is InChI=1S/C21H19N3O3/c25-21(26)18-17-19(23-10-12-27-13-11-23)15-8-4-5-9-16(15)20(17)24(22-18)14-6-2-1-3-7-14/h1-9,19H,10-13H2,(H,25,26). The highest BCUT2D eigenvalue weighted by Gasteiger charge is 2.41. The van der Waals surface area contributed by atoms with Crippen molar-refractivity contribution in [1.29, 1.82) is 0 Å². The Bertz CT molecular complexity index is 1010. The number of hydrogen-bond acceptors (Lipinski definition) is 4. The van der Waals surface area contributed by atoms with E-state index < -0.39 is 5.97 Å². The Kier molecular flexibility index (Phi) is 3.81. The van der Waals surface area contributed by atoms with Crippen molar-refractivity contribution >= 4 is 5.97 Å². The number of carboxylic acids is 1. The van der Waals surface area contributed by atoms with Gasteiger partial charge in [0.2, 0.25) is 0 Å². The van der Waals surface area contributed by atoms with E-state index in [4.69, 9.17) is 4.74 Å². The Balaban J connectivity index is 1.78. The SMILES string of the molecule is O=C(O)c1nn(-c2ccccc2)c2c1C(N1CCOCC1)c1ccccc1-2. The summed E-state index contributed by atoms with van der Waals surface area (Å²) in [4.78, 5) is 14.4. The summed E-state index contributed by atoms with van der Waals surface area (Å²) in [6.45, 7) is 2.86. The first kappa shape index (κ1) is 16.2. The molecule has 1 N–H and O–H groups in total. The molecule has 3 aromatic rings. The van der Waals surface area contributed by atoms with Gasteiger partial charge in [-0.1, -0.05) is 42.5 Å². The van der Waals surface area contributed by atoms with Gasteiger partial charge in [-0.15, -0.1) is 0 Å².